The fourth-order valence-electron chi connectivity index (χ4n) is 4.50. The fraction of sp³-hybridized carbons (Fsp3) is 0.226. The van der Waals surface area contributed by atoms with E-state index >= 15 is 0 Å². The third-order valence-electron chi connectivity index (χ3n) is 6.45. The van der Waals surface area contributed by atoms with E-state index in [1.165, 1.54) is 40.8 Å². The summed E-state index contributed by atoms with van der Waals surface area (Å²) in [5.74, 6) is 0.631. The maximum Gasteiger partial charge on any atom is 0.161 e. The zero-order chi connectivity index (χ0) is 24.0. The highest BCUT2D eigenvalue weighted by Crippen LogP contribution is 2.26. The molecule has 0 aliphatic carbocycles. The summed E-state index contributed by atoms with van der Waals surface area (Å²) in [6.45, 7) is 1.56. The first-order valence-corrected chi connectivity index (χ1v) is 15.9. The molecule has 4 rings (SSSR count). The Hall–Kier alpha value is -2.77. The lowest BCUT2D eigenvalue weighted by molar-refractivity contribution is 0.315. The largest absolute Gasteiger partial charge is 0.423 e. The van der Waals surface area contributed by atoms with Crippen molar-refractivity contribution in [3.05, 3.63) is 144 Å². The first-order chi connectivity index (χ1) is 17.4. The van der Waals surface area contributed by atoms with Gasteiger partial charge in [-0.2, -0.15) is 0 Å². The van der Waals surface area contributed by atoms with Crippen molar-refractivity contribution in [1.82, 2.24) is 0 Å². The average molecular weight is 497 g/mol. The number of hydrogen-bond donors (Lipinski definition) is 0. The third kappa shape index (κ3) is 8.15. The molecule has 0 heterocycles. The van der Waals surface area contributed by atoms with Crippen LogP contribution in [0.3, 0.4) is 0 Å². The molecular formula is C31H36O2Si2. The van der Waals surface area contributed by atoms with Crippen molar-refractivity contribution in [2.24, 2.45) is 0 Å². The highest BCUT2D eigenvalue weighted by atomic mass is 28.2. The Morgan fingerprint density at radius 2 is 0.714 bits per heavy atom. The second kappa shape index (κ2) is 14.6. The SMILES string of the molecule is c1ccc(C(CO[SiH2]CCC[SiH2]OCC(c2ccccc2)c2ccccc2)c2ccccc2)cc1. The molecule has 4 heteroatoms. The van der Waals surface area contributed by atoms with Crippen molar-refractivity contribution in [2.45, 2.75) is 30.3 Å². The smallest absolute Gasteiger partial charge is 0.161 e. The number of benzene rings is 4. The monoisotopic (exact) mass is 496 g/mol. The summed E-state index contributed by atoms with van der Waals surface area (Å²) in [7, 11) is -1.02. The molecule has 0 amide bonds. The van der Waals surface area contributed by atoms with Crippen LogP contribution in [0.25, 0.3) is 0 Å². The third-order valence-corrected chi connectivity index (χ3v) is 9.08. The molecule has 0 aromatic heterocycles. The summed E-state index contributed by atoms with van der Waals surface area (Å²) < 4.78 is 12.6. The molecule has 0 aliphatic rings. The van der Waals surface area contributed by atoms with Gasteiger partial charge in [0.15, 0.2) is 19.5 Å². The van der Waals surface area contributed by atoms with Gasteiger partial charge >= 0.3 is 0 Å². The molecule has 4 aromatic carbocycles. The van der Waals surface area contributed by atoms with Gasteiger partial charge in [-0.05, 0) is 34.3 Å². The zero-order valence-electron chi connectivity index (χ0n) is 20.5. The van der Waals surface area contributed by atoms with E-state index in [0.717, 1.165) is 13.2 Å². The molecule has 0 aliphatic heterocycles. The van der Waals surface area contributed by atoms with E-state index in [1.54, 1.807) is 0 Å². The van der Waals surface area contributed by atoms with E-state index in [1.807, 2.05) is 0 Å². The zero-order valence-corrected chi connectivity index (χ0v) is 23.3. The molecule has 0 saturated heterocycles. The van der Waals surface area contributed by atoms with Crippen LogP contribution in [0.5, 0.6) is 0 Å². The summed E-state index contributed by atoms with van der Waals surface area (Å²) in [4.78, 5) is 0. The molecule has 0 spiro atoms. The minimum Gasteiger partial charge on any atom is -0.423 e. The van der Waals surface area contributed by atoms with E-state index in [2.05, 4.69) is 121 Å². The van der Waals surface area contributed by atoms with Gasteiger partial charge in [0.2, 0.25) is 0 Å². The minimum absolute atomic E-state index is 0.315. The maximum atomic E-state index is 6.28. The van der Waals surface area contributed by atoms with Gasteiger partial charge in [0.1, 0.15) is 0 Å². The van der Waals surface area contributed by atoms with Crippen molar-refractivity contribution in [3.63, 3.8) is 0 Å². The van der Waals surface area contributed by atoms with Crippen molar-refractivity contribution < 1.29 is 8.85 Å². The number of hydrogen-bond acceptors (Lipinski definition) is 2. The van der Waals surface area contributed by atoms with Crippen LogP contribution in [0, 0.1) is 0 Å². The maximum absolute atomic E-state index is 6.28. The first kappa shape index (κ1) is 25.3. The Labute approximate surface area is 215 Å². The van der Waals surface area contributed by atoms with Crippen LogP contribution >= 0.6 is 0 Å². The molecule has 0 atom stereocenters. The lowest BCUT2D eigenvalue weighted by Gasteiger charge is -2.19. The van der Waals surface area contributed by atoms with Gasteiger partial charge in [0.25, 0.3) is 0 Å². The number of rotatable bonds is 14. The van der Waals surface area contributed by atoms with Crippen molar-refractivity contribution >= 4 is 19.5 Å². The Balaban J connectivity index is 1.16. The van der Waals surface area contributed by atoms with E-state index in [0.29, 0.717) is 11.8 Å². The highest BCUT2D eigenvalue weighted by Gasteiger charge is 2.15. The van der Waals surface area contributed by atoms with Gasteiger partial charge in [-0.25, -0.2) is 0 Å². The summed E-state index contributed by atoms with van der Waals surface area (Å²) in [5, 5.41) is 0. The predicted octanol–water partition coefficient (Wildman–Crippen LogP) is 6.08. The van der Waals surface area contributed by atoms with Gasteiger partial charge in [0, 0.05) is 25.0 Å². The standard InChI is InChI=1S/C31H36O2Si2/c1-5-14-26(15-6-1)30(27-16-7-2-8-17-27)24-32-34-22-13-23-35-33-25-31(28-18-9-3-10-19-28)29-20-11-4-12-21-29/h1-12,14-21,30-31H,13,22-25,34-35H2. The molecule has 4 aromatic rings. The van der Waals surface area contributed by atoms with Crippen LogP contribution < -0.4 is 0 Å². The highest BCUT2D eigenvalue weighted by molar-refractivity contribution is 6.29. The summed E-state index contributed by atoms with van der Waals surface area (Å²) in [5.41, 5.74) is 5.33. The Kier molecular flexibility index (Phi) is 10.6. The topological polar surface area (TPSA) is 18.5 Å². The lowest BCUT2D eigenvalue weighted by atomic mass is 9.92. The fourth-order valence-corrected chi connectivity index (χ4v) is 7.53. The van der Waals surface area contributed by atoms with Crippen molar-refractivity contribution in [1.29, 1.82) is 0 Å². The van der Waals surface area contributed by atoms with Crippen LogP contribution in [0.15, 0.2) is 121 Å². The van der Waals surface area contributed by atoms with Gasteiger partial charge in [-0.3, -0.25) is 0 Å². The van der Waals surface area contributed by atoms with Crippen LogP contribution in [0.1, 0.15) is 40.5 Å². The van der Waals surface area contributed by atoms with Crippen LogP contribution in [-0.4, -0.2) is 32.7 Å². The predicted molar refractivity (Wildman–Crippen MR) is 153 cm³/mol. The molecule has 2 nitrogen and oxygen atoms in total. The van der Waals surface area contributed by atoms with Gasteiger partial charge in [-0.1, -0.05) is 128 Å². The van der Waals surface area contributed by atoms with Crippen LogP contribution in [-0.2, 0) is 8.85 Å². The van der Waals surface area contributed by atoms with E-state index in [-0.39, 0.29) is 0 Å². The lowest BCUT2D eigenvalue weighted by Crippen LogP contribution is -2.13. The summed E-state index contributed by atoms with van der Waals surface area (Å²) in [6.07, 6.45) is 1.24. The average Bonchev–Trinajstić information content (AvgIpc) is 2.94. The van der Waals surface area contributed by atoms with E-state index in [4.69, 9.17) is 8.85 Å². The molecule has 35 heavy (non-hydrogen) atoms. The first-order valence-electron chi connectivity index (χ1n) is 12.8. The Morgan fingerprint density at radius 1 is 0.429 bits per heavy atom. The molecule has 0 unspecified atom stereocenters. The van der Waals surface area contributed by atoms with Crippen LogP contribution in [0.2, 0.25) is 12.1 Å². The normalized spacial score (nSPS) is 11.9. The summed E-state index contributed by atoms with van der Waals surface area (Å²) in [6, 6.07) is 45.4. The van der Waals surface area contributed by atoms with Gasteiger partial charge in [-0.15, -0.1) is 0 Å². The van der Waals surface area contributed by atoms with Gasteiger partial charge in [0.05, 0.1) is 0 Å². The Bertz CT molecular complexity index is 908. The molecule has 0 radical (unpaired) electrons. The second-order valence-electron chi connectivity index (χ2n) is 8.96. The molecule has 0 fully saturated rings. The second-order valence-corrected chi connectivity index (χ2v) is 12.0. The Morgan fingerprint density at radius 3 is 1.00 bits per heavy atom. The van der Waals surface area contributed by atoms with E-state index in [9.17, 15) is 0 Å². The molecular weight excluding hydrogens is 461 g/mol. The minimum atomic E-state index is -0.508. The van der Waals surface area contributed by atoms with E-state index < -0.39 is 19.5 Å². The van der Waals surface area contributed by atoms with Gasteiger partial charge < -0.3 is 8.85 Å². The van der Waals surface area contributed by atoms with Crippen LogP contribution in [0.4, 0.5) is 0 Å². The molecule has 0 saturated carbocycles. The van der Waals surface area contributed by atoms with Crippen molar-refractivity contribution in [2.75, 3.05) is 13.2 Å². The molecule has 0 bridgehead atoms. The molecule has 0 N–H and O–H groups in total. The molecule has 180 valence electrons. The summed E-state index contributed by atoms with van der Waals surface area (Å²) >= 11 is 0. The van der Waals surface area contributed by atoms with Crippen molar-refractivity contribution in [3.8, 4) is 0 Å². The quantitative estimate of drug-likeness (QED) is 0.156.